The molecule has 1 heterocycles. The van der Waals surface area contributed by atoms with Crippen LogP contribution in [0.3, 0.4) is 0 Å². The monoisotopic (exact) mass is 347 g/mol. The topological polar surface area (TPSA) is 71.1 Å². The third-order valence-corrected chi connectivity index (χ3v) is 3.17. The number of halogens is 1. The van der Waals surface area contributed by atoms with Gasteiger partial charge in [-0.2, -0.15) is 0 Å². The molecule has 0 radical (unpaired) electrons. The standard InChI is InChI=1S/C15H14BrN3O2/c16-12-6-7-13(17-9-12)15(21)19-10-14(20)18-8-11-4-2-1-3-5-11/h1-7,9H,8,10H2,(H,18,20)(H,19,21). The number of carbonyl (C=O) groups is 2. The van der Waals surface area contributed by atoms with Crippen LogP contribution in [-0.4, -0.2) is 23.3 Å². The summed E-state index contributed by atoms with van der Waals surface area (Å²) in [6, 6.07) is 12.9. The lowest BCUT2D eigenvalue weighted by Crippen LogP contribution is -2.36. The van der Waals surface area contributed by atoms with Crippen LogP contribution in [0.4, 0.5) is 0 Å². The Morgan fingerprint density at radius 3 is 2.48 bits per heavy atom. The predicted molar refractivity (Wildman–Crippen MR) is 82.6 cm³/mol. The highest BCUT2D eigenvalue weighted by molar-refractivity contribution is 9.10. The van der Waals surface area contributed by atoms with Gasteiger partial charge in [0.1, 0.15) is 5.69 Å². The lowest BCUT2D eigenvalue weighted by atomic mass is 10.2. The van der Waals surface area contributed by atoms with E-state index in [1.54, 1.807) is 12.1 Å². The molecular weight excluding hydrogens is 334 g/mol. The number of carbonyl (C=O) groups excluding carboxylic acids is 2. The zero-order chi connectivity index (χ0) is 15.1. The Morgan fingerprint density at radius 1 is 1.05 bits per heavy atom. The van der Waals surface area contributed by atoms with E-state index in [0.29, 0.717) is 6.54 Å². The number of rotatable bonds is 5. The molecule has 0 atom stereocenters. The van der Waals surface area contributed by atoms with Gasteiger partial charge in [-0.15, -0.1) is 0 Å². The maximum atomic E-state index is 11.8. The Bertz CT molecular complexity index is 615. The smallest absolute Gasteiger partial charge is 0.270 e. The van der Waals surface area contributed by atoms with Gasteiger partial charge in [0.2, 0.25) is 5.91 Å². The van der Waals surface area contributed by atoms with Gasteiger partial charge in [0, 0.05) is 17.2 Å². The average Bonchev–Trinajstić information content (AvgIpc) is 2.52. The molecule has 1 aromatic heterocycles. The van der Waals surface area contributed by atoms with Crippen molar-refractivity contribution in [3.8, 4) is 0 Å². The second-order valence-electron chi connectivity index (χ2n) is 4.31. The molecule has 0 bridgehead atoms. The first-order chi connectivity index (χ1) is 10.1. The molecule has 108 valence electrons. The first-order valence-electron chi connectivity index (χ1n) is 6.35. The first-order valence-corrected chi connectivity index (χ1v) is 7.15. The van der Waals surface area contributed by atoms with Crippen LogP contribution in [-0.2, 0) is 11.3 Å². The number of amides is 2. The van der Waals surface area contributed by atoms with Gasteiger partial charge >= 0.3 is 0 Å². The quantitative estimate of drug-likeness (QED) is 0.867. The summed E-state index contributed by atoms with van der Waals surface area (Å²) in [6.07, 6.45) is 1.53. The molecule has 2 aromatic rings. The lowest BCUT2D eigenvalue weighted by Gasteiger charge is -2.06. The van der Waals surface area contributed by atoms with Crippen LogP contribution in [0.1, 0.15) is 16.1 Å². The fourth-order valence-corrected chi connectivity index (χ4v) is 1.85. The minimum atomic E-state index is -0.377. The highest BCUT2D eigenvalue weighted by atomic mass is 79.9. The third kappa shape index (κ3) is 5.00. The largest absolute Gasteiger partial charge is 0.350 e. The molecule has 1 aromatic carbocycles. The molecule has 0 saturated heterocycles. The van der Waals surface area contributed by atoms with Gasteiger partial charge in [-0.05, 0) is 33.6 Å². The molecular formula is C15H14BrN3O2. The van der Waals surface area contributed by atoms with E-state index in [2.05, 4.69) is 31.5 Å². The third-order valence-electron chi connectivity index (χ3n) is 2.70. The maximum Gasteiger partial charge on any atom is 0.270 e. The van der Waals surface area contributed by atoms with E-state index < -0.39 is 0 Å². The fraction of sp³-hybridized carbons (Fsp3) is 0.133. The van der Waals surface area contributed by atoms with E-state index in [1.165, 1.54) is 6.20 Å². The van der Waals surface area contributed by atoms with Crippen LogP contribution in [0.5, 0.6) is 0 Å². The van der Waals surface area contributed by atoms with Gasteiger partial charge < -0.3 is 10.6 Å². The number of hydrogen-bond acceptors (Lipinski definition) is 3. The van der Waals surface area contributed by atoms with Crippen molar-refractivity contribution in [1.82, 2.24) is 15.6 Å². The molecule has 2 N–H and O–H groups in total. The van der Waals surface area contributed by atoms with E-state index in [4.69, 9.17) is 0 Å². The Morgan fingerprint density at radius 2 is 1.81 bits per heavy atom. The molecule has 5 nitrogen and oxygen atoms in total. The second-order valence-corrected chi connectivity index (χ2v) is 5.22. The minimum Gasteiger partial charge on any atom is -0.350 e. The van der Waals surface area contributed by atoms with Crippen LogP contribution in [0, 0.1) is 0 Å². The molecule has 0 aliphatic carbocycles. The molecule has 0 aliphatic heterocycles. The van der Waals surface area contributed by atoms with Gasteiger partial charge in [0.15, 0.2) is 0 Å². The SMILES string of the molecule is O=C(CNC(=O)c1ccc(Br)cn1)NCc1ccccc1. The lowest BCUT2D eigenvalue weighted by molar-refractivity contribution is -0.120. The number of benzene rings is 1. The van der Waals surface area contributed by atoms with Crippen LogP contribution in [0.25, 0.3) is 0 Å². The van der Waals surface area contributed by atoms with Crippen molar-refractivity contribution in [3.63, 3.8) is 0 Å². The predicted octanol–water partition coefficient (Wildman–Crippen LogP) is 1.89. The van der Waals surface area contributed by atoms with Crippen LogP contribution >= 0.6 is 15.9 Å². The summed E-state index contributed by atoms with van der Waals surface area (Å²) < 4.78 is 0.791. The van der Waals surface area contributed by atoms with Crippen LogP contribution in [0.2, 0.25) is 0 Å². The van der Waals surface area contributed by atoms with E-state index in [0.717, 1.165) is 10.0 Å². The van der Waals surface area contributed by atoms with E-state index in [-0.39, 0.29) is 24.1 Å². The number of pyridine rings is 1. The van der Waals surface area contributed by atoms with Gasteiger partial charge in [-0.1, -0.05) is 30.3 Å². The van der Waals surface area contributed by atoms with Crippen molar-refractivity contribution in [1.29, 1.82) is 0 Å². The molecule has 0 aliphatic rings. The number of hydrogen-bond donors (Lipinski definition) is 2. The summed E-state index contributed by atoms with van der Waals surface area (Å²) in [5.41, 5.74) is 1.28. The Hall–Kier alpha value is -2.21. The van der Waals surface area contributed by atoms with Gasteiger partial charge in [0.25, 0.3) is 5.91 Å². The maximum absolute atomic E-state index is 11.8. The fourth-order valence-electron chi connectivity index (χ4n) is 1.62. The van der Waals surface area contributed by atoms with Crippen molar-refractivity contribution in [2.45, 2.75) is 6.54 Å². The van der Waals surface area contributed by atoms with Gasteiger partial charge in [-0.3, -0.25) is 9.59 Å². The van der Waals surface area contributed by atoms with Crippen molar-refractivity contribution in [3.05, 3.63) is 64.4 Å². The molecule has 0 fully saturated rings. The van der Waals surface area contributed by atoms with E-state index in [1.807, 2.05) is 30.3 Å². The van der Waals surface area contributed by atoms with Gasteiger partial charge in [-0.25, -0.2) is 4.98 Å². The summed E-state index contributed by atoms with van der Waals surface area (Å²) in [7, 11) is 0. The molecule has 2 rings (SSSR count). The zero-order valence-electron chi connectivity index (χ0n) is 11.2. The summed E-state index contributed by atoms with van der Waals surface area (Å²) in [5, 5.41) is 5.26. The zero-order valence-corrected chi connectivity index (χ0v) is 12.8. The van der Waals surface area contributed by atoms with Crippen molar-refractivity contribution < 1.29 is 9.59 Å². The number of nitrogens with one attached hydrogen (secondary N) is 2. The van der Waals surface area contributed by atoms with E-state index in [9.17, 15) is 9.59 Å². The Labute approximate surface area is 130 Å². The van der Waals surface area contributed by atoms with Crippen molar-refractivity contribution in [2.75, 3.05) is 6.54 Å². The van der Waals surface area contributed by atoms with E-state index >= 15 is 0 Å². The molecule has 0 spiro atoms. The minimum absolute atomic E-state index is 0.0799. The highest BCUT2D eigenvalue weighted by Crippen LogP contribution is 2.07. The Balaban J connectivity index is 1.76. The molecule has 21 heavy (non-hydrogen) atoms. The summed E-state index contributed by atoms with van der Waals surface area (Å²) in [6.45, 7) is 0.357. The summed E-state index contributed by atoms with van der Waals surface area (Å²) >= 11 is 3.24. The molecule has 2 amide bonds. The van der Waals surface area contributed by atoms with Gasteiger partial charge in [0.05, 0.1) is 6.54 Å². The Kier molecular flexibility index (Phi) is 5.45. The van der Waals surface area contributed by atoms with Crippen LogP contribution < -0.4 is 10.6 Å². The number of aromatic nitrogens is 1. The van der Waals surface area contributed by atoms with Crippen molar-refractivity contribution >= 4 is 27.7 Å². The first kappa shape index (κ1) is 15.2. The van der Waals surface area contributed by atoms with Crippen LogP contribution in [0.15, 0.2) is 53.1 Å². The molecule has 0 saturated carbocycles. The molecule has 6 heteroatoms. The summed E-state index contributed by atoms with van der Waals surface area (Å²) in [5.74, 6) is -0.623. The molecule has 0 unspecified atom stereocenters. The normalized spacial score (nSPS) is 9.95. The average molecular weight is 348 g/mol. The van der Waals surface area contributed by atoms with Crippen molar-refractivity contribution in [2.24, 2.45) is 0 Å². The number of nitrogens with zero attached hydrogens (tertiary/aromatic N) is 1. The highest BCUT2D eigenvalue weighted by Gasteiger charge is 2.08. The second kappa shape index (κ2) is 7.54. The summed E-state index contributed by atoms with van der Waals surface area (Å²) in [4.78, 5) is 27.4.